The summed E-state index contributed by atoms with van der Waals surface area (Å²) in [5, 5.41) is 3.35. The quantitative estimate of drug-likeness (QED) is 0.618. The minimum Gasteiger partial charge on any atom is -0.378 e. The number of rotatable bonds is 4. The molecule has 2 aliphatic heterocycles. The Morgan fingerprint density at radius 1 is 1.25 bits per heavy atom. The van der Waals surface area contributed by atoms with Crippen LogP contribution in [0.25, 0.3) is 0 Å². The molecule has 9 heteroatoms. The fourth-order valence-electron chi connectivity index (χ4n) is 3.20. The highest BCUT2D eigenvalue weighted by atomic mass is 32.2. The number of carbonyl (C=O) groups excluding carboxylic acids is 2. The standard InChI is InChI=1S/C19H21N5O3S/c1-13-10-16(23-6-8-27-9-7-23)22-19(20-13)28-12-18(26)24-11-17(25)21-14-4-2-3-5-15(14)24/h2-5,10H,6-9,11-12H2,1H3,(H,21,25). The first-order valence-corrected chi connectivity index (χ1v) is 10.1. The Balaban J connectivity index is 1.46. The van der Waals surface area contributed by atoms with E-state index in [2.05, 4.69) is 20.2 Å². The molecule has 146 valence electrons. The Morgan fingerprint density at radius 3 is 2.86 bits per heavy atom. The Labute approximate surface area is 167 Å². The van der Waals surface area contributed by atoms with Gasteiger partial charge in [0.2, 0.25) is 11.8 Å². The molecule has 1 aromatic heterocycles. The van der Waals surface area contributed by atoms with Crippen molar-refractivity contribution in [1.82, 2.24) is 9.97 Å². The summed E-state index contributed by atoms with van der Waals surface area (Å²) in [6.07, 6.45) is 0. The Bertz CT molecular complexity index is 901. The number of morpholine rings is 1. The number of nitrogens with zero attached hydrogens (tertiary/aromatic N) is 4. The van der Waals surface area contributed by atoms with Gasteiger partial charge in [-0.3, -0.25) is 9.59 Å². The van der Waals surface area contributed by atoms with Crippen molar-refractivity contribution >= 4 is 40.8 Å². The summed E-state index contributed by atoms with van der Waals surface area (Å²) in [6.45, 7) is 4.88. The van der Waals surface area contributed by atoms with Gasteiger partial charge in [-0.05, 0) is 19.1 Å². The molecule has 0 aliphatic carbocycles. The molecule has 3 heterocycles. The van der Waals surface area contributed by atoms with Gasteiger partial charge in [-0.15, -0.1) is 0 Å². The molecule has 28 heavy (non-hydrogen) atoms. The third-order valence-electron chi connectivity index (χ3n) is 4.55. The highest BCUT2D eigenvalue weighted by molar-refractivity contribution is 7.99. The Morgan fingerprint density at radius 2 is 2.04 bits per heavy atom. The van der Waals surface area contributed by atoms with Crippen LogP contribution in [0.4, 0.5) is 17.2 Å². The highest BCUT2D eigenvalue weighted by Gasteiger charge is 2.26. The van der Waals surface area contributed by atoms with Gasteiger partial charge in [0.25, 0.3) is 0 Å². The largest absolute Gasteiger partial charge is 0.378 e. The van der Waals surface area contributed by atoms with Crippen LogP contribution in [0.3, 0.4) is 0 Å². The number of hydrogen-bond donors (Lipinski definition) is 1. The predicted octanol–water partition coefficient (Wildman–Crippen LogP) is 1.70. The van der Waals surface area contributed by atoms with E-state index in [1.165, 1.54) is 16.7 Å². The van der Waals surface area contributed by atoms with Gasteiger partial charge >= 0.3 is 0 Å². The highest BCUT2D eigenvalue weighted by Crippen LogP contribution is 2.30. The monoisotopic (exact) mass is 399 g/mol. The zero-order valence-electron chi connectivity index (χ0n) is 15.6. The topological polar surface area (TPSA) is 87.7 Å². The summed E-state index contributed by atoms with van der Waals surface area (Å²) in [4.78, 5) is 37.5. The van der Waals surface area contributed by atoms with E-state index in [9.17, 15) is 9.59 Å². The van der Waals surface area contributed by atoms with Crippen molar-refractivity contribution in [2.24, 2.45) is 0 Å². The summed E-state index contributed by atoms with van der Waals surface area (Å²) in [5.74, 6) is 0.672. The number of hydrogen-bond acceptors (Lipinski definition) is 7. The van der Waals surface area contributed by atoms with Crippen LogP contribution in [0.1, 0.15) is 5.69 Å². The second-order valence-electron chi connectivity index (χ2n) is 6.58. The minimum atomic E-state index is -0.196. The molecule has 0 radical (unpaired) electrons. The van der Waals surface area contributed by atoms with E-state index < -0.39 is 0 Å². The van der Waals surface area contributed by atoms with E-state index in [0.29, 0.717) is 29.7 Å². The van der Waals surface area contributed by atoms with Crippen molar-refractivity contribution in [3.63, 3.8) is 0 Å². The van der Waals surface area contributed by atoms with Crippen molar-refractivity contribution in [3.05, 3.63) is 36.0 Å². The van der Waals surface area contributed by atoms with E-state index in [4.69, 9.17) is 4.74 Å². The second-order valence-corrected chi connectivity index (χ2v) is 7.53. The van der Waals surface area contributed by atoms with Gasteiger partial charge in [0.05, 0.1) is 30.3 Å². The molecule has 2 amide bonds. The summed E-state index contributed by atoms with van der Waals surface area (Å²) < 4.78 is 5.39. The molecule has 1 saturated heterocycles. The number of benzene rings is 1. The number of fused-ring (bicyclic) bond motifs is 1. The third kappa shape index (κ3) is 4.10. The average molecular weight is 399 g/mol. The van der Waals surface area contributed by atoms with Crippen LogP contribution < -0.4 is 15.1 Å². The third-order valence-corrected chi connectivity index (χ3v) is 5.38. The number of anilines is 3. The first kappa shape index (κ1) is 18.7. The summed E-state index contributed by atoms with van der Waals surface area (Å²) in [7, 11) is 0. The lowest BCUT2D eigenvalue weighted by Crippen LogP contribution is -2.43. The molecule has 1 aromatic carbocycles. The van der Waals surface area contributed by atoms with Gasteiger partial charge in [-0.25, -0.2) is 9.97 Å². The van der Waals surface area contributed by atoms with E-state index in [0.717, 1.165) is 24.6 Å². The minimum absolute atomic E-state index is 0.0180. The van der Waals surface area contributed by atoms with Crippen LogP contribution in [0.15, 0.2) is 35.5 Å². The van der Waals surface area contributed by atoms with E-state index in [1.54, 1.807) is 6.07 Å². The van der Waals surface area contributed by atoms with Gasteiger partial charge in [-0.2, -0.15) is 0 Å². The summed E-state index contributed by atoms with van der Waals surface area (Å²) in [5.41, 5.74) is 2.22. The Hall–Kier alpha value is -2.65. The molecule has 0 spiro atoms. The number of amides is 2. The van der Waals surface area contributed by atoms with Gasteiger partial charge in [-0.1, -0.05) is 23.9 Å². The van der Waals surface area contributed by atoms with Crippen LogP contribution in [0.5, 0.6) is 0 Å². The molecular weight excluding hydrogens is 378 g/mol. The lowest BCUT2D eigenvalue weighted by atomic mass is 10.2. The number of aromatic nitrogens is 2. The van der Waals surface area contributed by atoms with E-state index >= 15 is 0 Å². The van der Waals surface area contributed by atoms with Crippen molar-refractivity contribution in [1.29, 1.82) is 0 Å². The molecule has 0 atom stereocenters. The van der Waals surface area contributed by atoms with Crippen LogP contribution in [0.2, 0.25) is 0 Å². The number of carbonyl (C=O) groups is 2. The number of ether oxygens (including phenoxy) is 1. The summed E-state index contributed by atoms with van der Waals surface area (Å²) >= 11 is 1.29. The first-order chi connectivity index (χ1) is 13.6. The molecule has 2 aliphatic rings. The Kier molecular flexibility index (Phi) is 5.45. The average Bonchev–Trinajstić information content (AvgIpc) is 2.71. The summed E-state index contributed by atoms with van der Waals surface area (Å²) in [6, 6.07) is 9.25. The number of nitrogens with one attached hydrogen (secondary N) is 1. The normalized spacial score (nSPS) is 16.5. The molecule has 0 unspecified atom stereocenters. The second kappa shape index (κ2) is 8.15. The maximum Gasteiger partial charge on any atom is 0.244 e. The molecule has 8 nitrogen and oxygen atoms in total. The van der Waals surface area contributed by atoms with Crippen LogP contribution in [-0.2, 0) is 14.3 Å². The lowest BCUT2D eigenvalue weighted by Gasteiger charge is -2.29. The molecule has 0 bridgehead atoms. The van der Waals surface area contributed by atoms with Gasteiger partial charge in [0, 0.05) is 24.8 Å². The van der Waals surface area contributed by atoms with Crippen molar-refractivity contribution in [3.8, 4) is 0 Å². The fourth-order valence-corrected chi connectivity index (χ4v) is 3.98. The van der Waals surface area contributed by atoms with Gasteiger partial charge in [0.15, 0.2) is 5.16 Å². The number of aryl methyl sites for hydroxylation is 1. The molecular formula is C19H21N5O3S. The molecule has 4 rings (SSSR count). The molecule has 1 fully saturated rings. The number of para-hydroxylation sites is 2. The van der Waals surface area contributed by atoms with Gasteiger partial charge in [0.1, 0.15) is 12.4 Å². The first-order valence-electron chi connectivity index (χ1n) is 9.10. The maximum atomic E-state index is 12.8. The zero-order valence-corrected chi connectivity index (χ0v) is 16.4. The van der Waals surface area contributed by atoms with Gasteiger partial charge < -0.3 is 19.9 Å². The van der Waals surface area contributed by atoms with Crippen molar-refractivity contribution in [2.75, 3.05) is 53.7 Å². The number of thioether (sulfide) groups is 1. The van der Waals surface area contributed by atoms with Crippen LogP contribution in [-0.4, -0.2) is 60.4 Å². The predicted molar refractivity (Wildman–Crippen MR) is 108 cm³/mol. The lowest BCUT2D eigenvalue weighted by molar-refractivity contribution is -0.120. The zero-order chi connectivity index (χ0) is 19.5. The molecule has 0 saturated carbocycles. The maximum absolute atomic E-state index is 12.8. The smallest absolute Gasteiger partial charge is 0.244 e. The van der Waals surface area contributed by atoms with E-state index in [1.807, 2.05) is 31.2 Å². The van der Waals surface area contributed by atoms with Crippen molar-refractivity contribution in [2.45, 2.75) is 12.1 Å². The van der Waals surface area contributed by atoms with Crippen molar-refractivity contribution < 1.29 is 14.3 Å². The SMILES string of the molecule is Cc1cc(N2CCOCC2)nc(SCC(=O)N2CC(=O)Nc3ccccc32)n1. The molecule has 1 N–H and O–H groups in total. The fraction of sp³-hybridized carbons (Fsp3) is 0.368. The van der Waals surface area contributed by atoms with Crippen LogP contribution >= 0.6 is 11.8 Å². The molecule has 2 aromatic rings. The van der Waals surface area contributed by atoms with Crippen LogP contribution in [0, 0.1) is 6.92 Å². The van der Waals surface area contributed by atoms with E-state index in [-0.39, 0.29) is 24.1 Å².